The summed E-state index contributed by atoms with van der Waals surface area (Å²) in [5.41, 5.74) is 1.06. The van der Waals surface area contributed by atoms with Crippen molar-refractivity contribution in [1.29, 1.82) is 5.26 Å². The zero-order valence-corrected chi connectivity index (χ0v) is 8.09. The third kappa shape index (κ3) is 1.19. The van der Waals surface area contributed by atoms with E-state index in [2.05, 4.69) is 9.97 Å². The predicted molar refractivity (Wildman–Crippen MR) is 52.4 cm³/mol. The fourth-order valence-corrected chi connectivity index (χ4v) is 1.50. The van der Waals surface area contributed by atoms with Crippen molar-refractivity contribution < 1.29 is 4.74 Å². The van der Waals surface area contributed by atoms with Gasteiger partial charge in [-0.15, -0.1) is 0 Å². The van der Waals surface area contributed by atoms with Crippen molar-refractivity contribution in [1.82, 2.24) is 9.97 Å². The van der Waals surface area contributed by atoms with Gasteiger partial charge in [-0.3, -0.25) is 0 Å². The Kier molecular flexibility index (Phi) is 2.02. The highest BCUT2D eigenvalue weighted by Gasteiger charge is 2.11. The van der Waals surface area contributed by atoms with Gasteiger partial charge in [-0.05, 0) is 0 Å². The van der Waals surface area contributed by atoms with Crippen LogP contribution in [0.5, 0.6) is 5.75 Å². The fourth-order valence-electron chi connectivity index (χ4n) is 1.32. The van der Waals surface area contributed by atoms with Gasteiger partial charge in [-0.2, -0.15) is 5.26 Å². The van der Waals surface area contributed by atoms with Gasteiger partial charge in [0.15, 0.2) is 0 Å². The molecule has 0 fully saturated rings. The second kappa shape index (κ2) is 3.20. The van der Waals surface area contributed by atoms with E-state index in [0.717, 1.165) is 0 Å². The molecule has 0 atom stereocenters. The summed E-state index contributed by atoms with van der Waals surface area (Å²) < 4.78 is 5.11. The van der Waals surface area contributed by atoms with Gasteiger partial charge in [0, 0.05) is 12.3 Å². The first-order chi connectivity index (χ1) is 6.76. The lowest BCUT2D eigenvalue weighted by Crippen LogP contribution is -1.87. The van der Waals surface area contributed by atoms with Crippen LogP contribution in [-0.2, 0) is 0 Å². The molecule has 0 aliphatic rings. The summed E-state index contributed by atoms with van der Waals surface area (Å²) in [6.45, 7) is 0. The van der Waals surface area contributed by atoms with E-state index in [1.165, 1.54) is 7.11 Å². The summed E-state index contributed by atoms with van der Waals surface area (Å²) in [6, 6.07) is 3.63. The molecule has 70 valence electrons. The first-order valence-electron chi connectivity index (χ1n) is 3.88. The lowest BCUT2D eigenvalue weighted by atomic mass is 10.2. The minimum Gasteiger partial charge on any atom is -0.496 e. The van der Waals surface area contributed by atoms with Gasteiger partial charge in [-0.1, -0.05) is 11.6 Å². The molecule has 0 aromatic carbocycles. The molecular formula is C9H6ClN3O. The van der Waals surface area contributed by atoms with Crippen LogP contribution in [0, 0.1) is 11.3 Å². The number of fused-ring (bicyclic) bond motifs is 1. The Labute approximate surface area is 85.1 Å². The number of ether oxygens (including phenoxy) is 1. The first-order valence-corrected chi connectivity index (χ1v) is 4.25. The molecule has 0 unspecified atom stereocenters. The number of pyridine rings is 1. The van der Waals surface area contributed by atoms with Gasteiger partial charge in [0.05, 0.1) is 18.1 Å². The van der Waals surface area contributed by atoms with Crippen LogP contribution in [-0.4, -0.2) is 17.1 Å². The number of aromatic nitrogens is 2. The Morgan fingerprint density at radius 3 is 3.07 bits per heavy atom. The fraction of sp³-hybridized carbons (Fsp3) is 0.111. The maximum absolute atomic E-state index is 8.83. The highest BCUT2D eigenvalue weighted by molar-refractivity contribution is 6.30. The lowest BCUT2D eigenvalue weighted by molar-refractivity contribution is 0.419. The van der Waals surface area contributed by atoms with Crippen molar-refractivity contribution >= 4 is 22.6 Å². The number of aromatic amines is 1. The number of H-pyrrole nitrogens is 1. The minimum atomic E-state index is 0.334. The van der Waals surface area contributed by atoms with Crippen LogP contribution < -0.4 is 4.74 Å². The van der Waals surface area contributed by atoms with Crippen molar-refractivity contribution in [2.45, 2.75) is 0 Å². The molecule has 14 heavy (non-hydrogen) atoms. The van der Waals surface area contributed by atoms with Crippen LogP contribution in [0.1, 0.15) is 5.56 Å². The van der Waals surface area contributed by atoms with E-state index in [-0.39, 0.29) is 0 Å². The maximum atomic E-state index is 8.83. The summed E-state index contributed by atoms with van der Waals surface area (Å²) in [4.78, 5) is 6.89. The van der Waals surface area contributed by atoms with Crippen LogP contribution in [0.15, 0.2) is 12.3 Å². The van der Waals surface area contributed by atoms with Crippen molar-refractivity contribution in [3.8, 4) is 11.8 Å². The number of nitrogens with zero attached hydrogens (tertiary/aromatic N) is 2. The molecule has 2 aromatic rings. The van der Waals surface area contributed by atoms with Gasteiger partial charge in [-0.25, -0.2) is 4.98 Å². The molecule has 2 rings (SSSR count). The monoisotopic (exact) mass is 207 g/mol. The van der Waals surface area contributed by atoms with Crippen molar-refractivity contribution in [3.63, 3.8) is 0 Å². The Balaban J connectivity index is 2.87. The second-order valence-electron chi connectivity index (χ2n) is 2.69. The average molecular weight is 208 g/mol. The molecule has 0 spiro atoms. The SMILES string of the molecule is COc1cc(Cl)nc2[nH]cc(C#N)c12. The molecule has 2 aromatic heterocycles. The van der Waals surface area contributed by atoms with E-state index < -0.39 is 0 Å². The van der Waals surface area contributed by atoms with Crippen molar-refractivity contribution in [3.05, 3.63) is 23.0 Å². The highest BCUT2D eigenvalue weighted by Crippen LogP contribution is 2.29. The van der Waals surface area contributed by atoms with Gasteiger partial charge in [0.25, 0.3) is 0 Å². The van der Waals surface area contributed by atoms with Crippen LogP contribution in [0.3, 0.4) is 0 Å². The van der Waals surface area contributed by atoms with E-state index in [1.54, 1.807) is 12.3 Å². The van der Waals surface area contributed by atoms with Gasteiger partial charge < -0.3 is 9.72 Å². The topological polar surface area (TPSA) is 61.7 Å². The van der Waals surface area contributed by atoms with E-state index in [1.807, 2.05) is 6.07 Å². The minimum absolute atomic E-state index is 0.334. The maximum Gasteiger partial charge on any atom is 0.144 e. The van der Waals surface area contributed by atoms with Crippen LogP contribution >= 0.6 is 11.6 Å². The highest BCUT2D eigenvalue weighted by atomic mass is 35.5. The number of rotatable bonds is 1. The zero-order chi connectivity index (χ0) is 10.1. The number of nitriles is 1. The zero-order valence-electron chi connectivity index (χ0n) is 7.34. The average Bonchev–Trinajstić information content (AvgIpc) is 2.59. The Morgan fingerprint density at radius 2 is 2.43 bits per heavy atom. The number of hydrogen-bond donors (Lipinski definition) is 1. The lowest BCUT2D eigenvalue weighted by Gasteiger charge is -2.01. The van der Waals surface area contributed by atoms with Crippen molar-refractivity contribution in [2.24, 2.45) is 0 Å². The number of hydrogen-bond acceptors (Lipinski definition) is 3. The molecule has 5 heteroatoms. The largest absolute Gasteiger partial charge is 0.496 e. The number of nitrogens with one attached hydrogen (secondary N) is 1. The molecule has 4 nitrogen and oxygen atoms in total. The van der Waals surface area contributed by atoms with Crippen LogP contribution in [0.25, 0.3) is 11.0 Å². The quantitative estimate of drug-likeness (QED) is 0.729. The smallest absolute Gasteiger partial charge is 0.144 e. The van der Waals surface area contributed by atoms with E-state index in [4.69, 9.17) is 21.6 Å². The molecule has 0 saturated carbocycles. The van der Waals surface area contributed by atoms with E-state index in [9.17, 15) is 0 Å². The Bertz CT molecular complexity index is 527. The van der Waals surface area contributed by atoms with Gasteiger partial charge in [0.2, 0.25) is 0 Å². The second-order valence-corrected chi connectivity index (χ2v) is 3.07. The standard InChI is InChI=1S/C9H6ClN3O/c1-14-6-2-7(10)13-9-8(6)5(3-11)4-12-9/h2,4H,1H3,(H,12,13). The normalized spacial score (nSPS) is 10.1. The van der Waals surface area contributed by atoms with Crippen molar-refractivity contribution in [2.75, 3.05) is 7.11 Å². The summed E-state index contributed by atoms with van der Waals surface area (Å²) in [5.74, 6) is 0.554. The molecule has 2 heterocycles. The van der Waals surface area contributed by atoms with Gasteiger partial charge >= 0.3 is 0 Å². The molecular weight excluding hydrogens is 202 g/mol. The van der Waals surface area contributed by atoms with Crippen LogP contribution in [0.2, 0.25) is 5.15 Å². The van der Waals surface area contributed by atoms with E-state index in [0.29, 0.717) is 27.5 Å². The molecule has 0 saturated heterocycles. The Hall–Kier alpha value is -1.73. The summed E-state index contributed by atoms with van der Waals surface area (Å²) >= 11 is 5.76. The molecule has 0 bridgehead atoms. The molecule has 0 amide bonds. The van der Waals surface area contributed by atoms with Crippen LogP contribution in [0.4, 0.5) is 0 Å². The molecule has 0 aliphatic carbocycles. The third-order valence-corrected chi connectivity index (χ3v) is 2.11. The molecule has 1 N–H and O–H groups in total. The number of methoxy groups -OCH3 is 1. The molecule has 0 aliphatic heterocycles. The summed E-state index contributed by atoms with van der Waals surface area (Å²) in [5, 5.41) is 9.83. The van der Waals surface area contributed by atoms with E-state index >= 15 is 0 Å². The summed E-state index contributed by atoms with van der Waals surface area (Å²) in [7, 11) is 1.53. The van der Waals surface area contributed by atoms with Gasteiger partial charge in [0.1, 0.15) is 22.6 Å². The predicted octanol–water partition coefficient (Wildman–Crippen LogP) is 2.10. The summed E-state index contributed by atoms with van der Waals surface area (Å²) in [6.07, 6.45) is 1.58. The number of halogens is 1. The Morgan fingerprint density at radius 1 is 1.64 bits per heavy atom. The first kappa shape index (κ1) is 8.85. The molecule has 0 radical (unpaired) electrons. The third-order valence-electron chi connectivity index (χ3n) is 1.91.